The second-order valence-corrected chi connectivity index (χ2v) is 7.93. The maximum absolute atomic E-state index is 11.9. The van der Waals surface area contributed by atoms with Crippen LogP contribution in [0.25, 0.3) is 0 Å². The first-order valence-corrected chi connectivity index (χ1v) is 9.09. The minimum atomic E-state index is -3.23. The number of amides is 1. The number of carbonyl (C=O) groups is 2. The largest absolute Gasteiger partial charge is 0.481 e. The van der Waals surface area contributed by atoms with Crippen LogP contribution in [0.1, 0.15) is 18.4 Å². The quantitative estimate of drug-likeness (QED) is 0.816. The molecule has 1 amide bonds. The van der Waals surface area contributed by atoms with Crippen LogP contribution in [0.2, 0.25) is 0 Å². The molecule has 23 heavy (non-hydrogen) atoms. The van der Waals surface area contributed by atoms with Crippen molar-refractivity contribution in [2.45, 2.75) is 19.4 Å². The number of hydrogen-bond acceptors (Lipinski definition) is 4. The van der Waals surface area contributed by atoms with Crippen LogP contribution in [0.4, 0.5) is 5.69 Å². The number of sulfonamides is 1. The minimum Gasteiger partial charge on any atom is -0.481 e. The van der Waals surface area contributed by atoms with E-state index in [9.17, 15) is 18.0 Å². The summed E-state index contributed by atoms with van der Waals surface area (Å²) < 4.78 is 25.3. The number of anilines is 1. The molecule has 2 fully saturated rings. The highest BCUT2D eigenvalue weighted by atomic mass is 32.2. The third-order valence-corrected chi connectivity index (χ3v) is 6.08. The third kappa shape index (κ3) is 3.31. The van der Waals surface area contributed by atoms with Gasteiger partial charge in [0.2, 0.25) is 15.9 Å². The highest BCUT2D eigenvalue weighted by molar-refractivity contribution is 7.93. The maximum atomic E-state index is 11.9. The molecule has 3 rings (SSSR count). The predicted octanol–water partition coefficient (Wildman–Crippen LogP) is 0.563. The highest BCUT2D eigenvalue weighted by Crippen LogP contribution is 2.38. The monoisotopic (exact) mass is 338 g/mol. The zero-order chi connectivity index (χ0) is 16.6. The molecular weight excluding hydrogens is 320 g/mol. The van der Waals surface area contributed by atoms with E-state index in [0.717, 1.165) is 5.56 Å². The molecule has 1 aromatic rings. The van der Waals surface area contributed by atoms with Gasteiger partial charge in [-0.3, -0.25) is 13.9 Å². The minimum absolute atomic E-state index is 0.159. The van der Waals surface area contributed by atoms with Crippen LogP contribution >= 0.6 is 0 Å². The molecule has 0 radical (unpaired) electrons. The molecule has 1 aromatic carbocycles. The summed E-state index contributed by atoms with van der Waals surface area (Å²) in [6.07, 6.45) is 0.995. The van der Waals surface area contributed by atoms with Crippen LogP contribution < -0.4 is 9.62 Å². The van der Waals surface area contributed by atoms with Crippen molar-refractivity contribution in [3.05, 3.63) is 29.8 Å². The molecule has 0 unspecified atom stereocenters. The molecule has 2 aliphatic rings. The van der Waals surface area contributed by atoms with Crippen molar-refractivity contribution in [2.75, 3.05) is 16.6 Å². The summed E-state index contributed by atoms with van der Waals surface area (Å²) in [6.45, 7) is 0.726. The average molecular weight is 338 g/mol. The summed E-state index contributed by atoms with van der Waals surface area (Å²) >= 11 is 0. The Bertz CT molecular complexity index is 746. The molecule has 0 spiro atoms. The number of carboxylic acids is 1. The fourth-order valence-corrected chi connectivity index (χ4v) is 4.39. The number of carbonyl (C=O) groups excluding carboxylic acids is 1. The van der Waals surface area contributed by atoms with E-state index in [0.29, 0.717) is 25.1 Å². The van der Waals surface area contributed by atoms with Crippen molar-refractivity contribution in [1.82, 2.24) is 5.32 Å². The van der Waals surface area contributed by atoms with Crippen LogP contribution in [0.15, 0.2) is 24.3 Å². The lowest BCUT2D eigenvalue weighted by molar-refractivity contribution is -0.140. The van der Waals surface area contributed by atoms with E-state index >= 15 is 0 Å². The number of carboxylic acid groups (broad SMARTS) is 1. The van der Waals surface area contributed by atoms with Gasteiger partial charge in [0.05, 0.1) is 23.3 Å². The highest BCUT2D eigenvalue weighted by Gasteiger charge is 2.48. The van der Waals surface area contributed by atoms with E-state index in [2.05, 4.69) is 5.32 Å². The molecule has 0 bridgehead atoms. The van der Waals surface area contributed by atoms with Gasteiger partial charge in [-0.15, -0.1) is 0 Å². The Labute approximate surface area is 134 Å². The SMILES string of the molecule is O=C(O)[C@H]1C[C@H]1C(=O)NCc1cccc(N2CCCS2(=O)=O)c1. The number of benzene rings is 1. The summed E-state index contributed by atoms with van der Waals surface area (Å²) in [6, 6.07) is 7.02. The molecule has 2 N–H and O–H groups in total. The standard InChI is InChI=1S/C15H18N2O5S/c18-14(12-8-13(12)15(19)20)16-9-10-3-1-4-11(7-10)17-5-2-6-23(17,21)22/h1,3-4,7,12-13H,2,5-6,8-9H2,(H,16,18)(H,19,20)/t12-,13+/m1/s1. The molecule has 7 nitrogen and oxygen atoms in total. The molecule has 1 aliphatic carbocycles. The van der Waals surface area contributed by atoms with Gasteiger partial charge < -0.3 is 10.4 Å². The normalized spacial score (nSPS) is 25.1. The summed E-state index contributed by atoms with van der Waals surface area (Å²) in [5, 5.41) is 11.5. The molecule has 8 heteroatoms. The van der Waals surface area contributed by atoms with Crippen molar-refractivity contribution < 1.29 is 23.1 Å². The maximum Gasteiger partial charge on any atom is 0.307 e. The molecule has 124 valence electrons. The Hall–Kier alpha value is -2.09. The van der Waals surface area contributed by atoms with Crippen molar-refractivity contribution in [1.29, 1.82) is 0 Å². The van der Waals surface area contributed by atoms with Gasteiger partial charge in [0, 0.05) is 13.1 Å². The molecule has 1 saturated heterocycles. The Morgan fingerprint density at radius 3 is 2.70 bits per heavy atom. The van der Waals surface area contributed by atoms with Gasteiger partial charge in [0.1, 0.15) is 0 Å². The van der Waals surface area contributed by atoms with E-state index in [-0.39, 0.29) is 18.2 Å². The number of nitrogens with zero attached hydrogens (tertiary/aromatic N) is 1. The fourth-order valence-electron chi connectivity index (χ4n) is 2.83. The number of rotatable bonds is 5. The zero-order valence-electron chi connectivity index (χ0n) is 12.4. The topological polar surface area (TPSA) is 104 Å². The first-order valence-electron chi connectivity index (χ1n) is 7.48. The van der Waals surface area contributed by atoms with Gasteiger partial charge in [-0.25, -0.2) is 8.42 Å². The second-order valence-electron chi connectivity index (χ2n) is 5.92. The Kier molecular flexibility index (Phi) is 4.01. The average Bonchev–Trinajstić information content (AvgIpc) is 3.23. The summed E-state index contributed by atoms with van der Waals surface area (Å²) in [5.41, 5.74) is 1.38. The van der Waals surface area contributed by atoms with Crippen molar-refractivity contribution in [3.63, 3.8) is 0 Å². The number of nitrogens with one attached hydrogen (secondary N) is 1. The van der Waals surface area contributed by atoms with E-state index in [4.69, 9.17) is 5.11 Å². The van der Waals surface area contributed by atoms with Gasteiger partial charge in [-0.1, -0.05) is 12.1 Å². The van der Waals surface area contributed by atoms with E-state index in [1.807, 2.05) is 0 Å². The smallest absolute Gasteiger partial charge is 0.307 e. The number of hydrogen-bond donors (Lipinski definition) is 2. The van der Waals surface area contributed by atoms with Crippen molar-refractivity contribution in [3.8, 4) is 0 Å². The first kappa shape index (κ1) is 15.8. The summed E-state index contributed by atoms with van der Waals surface area (Å²) in [5.74, 6) is -2.07. The molecule has 1 heterocycles. The number of aliphatic carboxylic acids is 1. The van der Waals surface area contributed by atoms with Crippen LogP contribution in [0.3, 0.4) is 0 Å². The predicted molar refractivity (Wildman–Crippen MR) is 83.3 cm³/mol. The zero-order valence-corrected chi connectivity index (χ0v) is 13.3. The molecule has 2 atom stereocenters. The Balaban J connectivity index is 1.62. The van der Waals surface area contributed by atoms with Crippen LogP contribution in [-0.2, 0) is 26.2 Å². The Morgan fingerprint density at radius 2 is 2.09 bits per heavy atom. The van der Waals surface area contributed by atoms with Gasteiger partial charge >= 0.3 is 5.97 Å². The van der Waals surface area contributed by atoms with Crippen molar-refractivity contribution in [2.24, 2.45) is 11.8 Å². The second kappa shape index (κ2) is 5.84. The van der Waals surface area contributed by atoms with E-state index < -0.39 is 27.8 Å². The third-order valence-electron chi connectivity index (χ3n) is 4.21. The summed E-state index contributed by atoms with van der Waals surface area (Å²) in [4.78, 5) is 22.6. The van der Waals surface area contributed by atoms with Gasteiger partial charge in [0.25, 0.3) is 0 Å². The van der Waals surface area contributed by atoms with Crippen molar-refractivity contribution >= 4 is 27.6 Å². The lowest BCUT2D eigenvalue weighted by Gasteiger charge is -2.17. The lowest BCUT2D eigenvalue weighted by atomic mass is 10.2. The van der Waals surface area contributed by atoms with E-state index in [1.54, 1.807) is 24.3 Å². The van der Waals surface area contributed by atoms with E-state index in [1.165, 1.54) is 4.31 Å². The van der Waals surface area contributed by atoms with Gasteiger partial charge in [0.15, 0.2) is 0 Å². The molecular formula is C15H18N2O5S. The molecule has 1 saturated carbocycles. The summed E-state index contributed by atoms with van der Waals surface area (Å²) in [7, 11) is -3.23. The fraction of sp³-hybridized carbons (Fsp3) is 0.467. The molecule has 0 aromatic heterocycles. The van der Waals surface area contributed by atoms with Crippen LogP contribution in [-0.4, -0.2) is 37.7 Å². The lowest BCUT2D eigenvalue weighted by Crippen LogP contribution is -2.27. The van der Waals surface area contributed by atoms with Crippen LogP contribution in [0, 0.1) is 11.8 Å². The van der Waals surface area contributed by atoms with Crippen LogP contribution in [0.5, 0.6) is 0 Å². The Morgan fingerprint density at radius 1 is 1.30 bits per heavy atom. The van der Waals surface area contributed by atoms with Gasteiger partial charge in [-0.05, 0) is 30.5 Å². The first-order chi connectivity index (χ1) is 10.9. The molecule has 1 aliphatic heterocycles. The van der Waals surface area contributed by atoms with Gasteiger partial charge in [-0.2, -0.15) is 0 Å².